The van der Waals surface area contributed by atoms with Crippen LogP contribution in [0.5, 0.6) is 5.75 Å². The Morgan fingerprint density at radius 2 is 2.12 bits per heavy atom. The van der Waals surface area contributed by atoms with Crippen LogP contribution >= 0.6 is 0 Å². The second kappa shape index (κ2) is 6.06. The van der Waals surface area contributed by atoms with Crippen molar-refractivity contribution in [2.45, 2.75) is 44.6 Å². The Hall–Kier alpha value is -1.02. The van der Waals surface area contributed by atoms with E-state index in [4.69, 9.17) is 4.74 Å². The molecular formula is C15H22O2. The monoisotopic (exact) mass is 234 g/mol. The summed E-state index contributed by atoms with van der Waals surface area (Å²) in [4.78, 5) is 0. The fraction of sp³-hybridized carbons (Fsp3) is 0.600. The van der Waals surface area contributed by atoms with Gasteiger partial charge in [0.2, 0.25) is 0 Å². The van der Waals surface area contributed by atoms with E-state index in [1.54, 1.807) is 6.07 Å². The number of rotatable bonds is 4. The first-order valence-electron chi connectivity index (χ1n) is 6.59. The highest BCUT2D eigenvalue weighted by atomic mass is 16.5. The van der Waals surface area contributed by atoms with Crippen molar-refractivity contribution in [3.05, 3.63) is 29.8 Å². The van der Waals surface area contributed by atoms with Crippen molar-refractivity contribution in [2.24, 2.45) is 5.92 Å². The highest BCUT2D eigenvalue weighted by Gasteiger charge is 2.21. The molecule has 2 rings (SSSR count). The average Bonchev–Trinajstić information content (AvgIpc) is 2.38. The van der Waals surface area contributed by atoms with Gasteiger partial charge in [0.1, 0.15) is 5.75 Å². The number of phenols is 1. The number of phenolic OH excluding ortho intramolecular Hbond substituents is 1. The van der Waals surface area contributed by atoms with Crippen LogP contribution in [0.4, 0.5) is 0 Å². The third kappa shape index (κ3) is 3.47. The van der Waals surface area contributed by atoms with E-state index in [1.807, 2.05) is 25.3 Å². The quantitative estimate of drug-likeness (QED) is 0.863. The first kappa shape index (κ1) is 12.4. The summed E-state index contributed by atoms with van der Waals surface area (Å²) in [5.74, 6) is 1.19. The molecule has 2 nitrogen and oxygen atoms in total. The van der Waals surface area contributed by atoms with Gasteiger partial charge in [-0.25, -0.2) is 0 Å². The van der Waals surface area contributed by atoms with E-state index in [-0.39, 0.29) is 0 Å². The minimum atomic E-state index is 0.437. The number of para-hydroxylation sites is 1. The molecule has 0 bridgehead atoms. The minimum absolute atomic E-state index is 0.437. The fourth-order valence-corrected chi connectivity index (χ4v) is 2.80. The molecule has 2 atom stereocenters. The molecule has 0 aromatic heterocycles. The summed E-state index contributed by atoms with van der Waals surface area (Å²) in [6, 6.07) is 7.66. The van der Waals surface area contributed by atoms with E-state index < -0.39 is 0 Å². The van der Waals surface area contributed by atoms with Crippen LogP contribution in [-0.2, 0) is 11.2 Å². The summed E-state index contributed by atoms with van der Waals surface area (Å²) in [5.41, 5.74) is 1.08. The summed E-state index contributed by atoms with van der Waals surface area (Å²) in [5, 5.41) is 9.71. The zero-order valence-electron chi connectivity index (χ0n) is 10.6. The molecule has 0 saturated heterocycles. The molecule has 0 aliphatic heterocycles. The number of benzene rings is 1. The standard InChI is InChI=1S/C15H22O2/c1-17-14-7-4-5-12(11-14)9-10-13-6-2-3-8-15(13)16/h2-3,6,8,12,14,16H,4-5,7,9-11H2,1H3/t12-,14+/m1/s1. The van der Waals surface area contributed by atoms with Gasteiger partial charge in [-0.15, -0.1) is 0 Å². The minimum Gasteiger partial charge on any atom is -0.508 e. The van der Waals surface area contributed by atoms with Gasteiger partial charge in [0.15, 0.2) is 0 Å². The van der Waals surface area contributed by atoms with Crippen LogP contribution in [0, 0.1) is 5.92 Å². The molecule has 1 aromatic carbocycles. The number of ether oxygens (including phenoxy) is 1. The van der Waals surface area contributed by atoms with E-state index in [9.17, 15) is 5.11 Å². The molecule has 2 heteroatoms. The van der Waals surface area contributed by atoms with E-state index in [0.29, 0.717) is 11.9 Å². The van der Waals surface area contributed by atoms with Crippen LogP contribution in [0.2, 0.25) is 0 Å². The van der Waals surface area contributed by atoms with Crippen LogP contribution in [0.3, 0.4) is 0 Å². The third-order valence-corrected chi connectivity index (χ3v) is 3.88. The molecule has 1 aromatic rings. The average molecular weight is 234 g/mol. The van der Waals surface area contributed by atoms with E-state index >= 15 is 0 Å². The normalized spacial score (nSPS) is 24.8. The van der Waals surface area contributed by atoms with Gasteiger partial charge in [-0.05, 0) is 43.2 Å². The molecule has 1 saturated carbocycles. The molecule has 0 radical (unpaired) electrons. The third-order valence-electron chi connectivity index (χ3n) is 3.88. The predicted octanol–water partition coefficient (Wildman–Crippen LogP) is 3.53. The van der Waals surface area contributed by atoms with Crippen LogP contribution in [0.25, 0.3) is 0 Å². The lowest BCUT2D eigenvalue weighted by atomic mass is 9.83. The van der Waals surface area contributed by atoms with Gasteiger partial charge in [-0.3, -0.25) is 0 Å². The fourth-order valence-electron chi connectivity index (χ4n) is 2.80. The summed E-state index contributed by atoms with van der Waals surface area (Å²) in [6.45, 7) is 0. The lowest BCUT2D eigenvalue weighted by molar-refractivity contribution is 0.0491. The molecular weight excluding hydrogens is 212 g/mol. The van der Waals surface area contributed by atoms with Gasteiger partial charge in [0, 0.05) is 7.11 Å². The van der Waals surface area contributed by atoms with Gasteiger partial charge < -0.3 is 9.84 Å². The Bertz CT molecular complexity index is 349. The Morgan fingerprint density at radius 3 is 2.88 bits per heavy atom. The molecule has 0 spiro atoms. The van der Waals surface area contributed by atoms with Crippen molar-refractivity contribution in [2.75, 3.05) is 7.11 Å². The zero-order valence-corrected chi connectivity index (χ0v) is 10.6. The lowest BCUT2D eigenvalue weighted by Gasteiger charge is -2.28. The highest BCUT2D eigenvalue weighted by molar-refractivity contribution is 5.31. The maximum Gasteiger partial charge on any atom is 0.118 e. The molecule has 1 N–H and O–H groups in total. The van der Waals surface area contributed by atoms with Crippen LogP contribution < -0.4 is 0 Å². The molecule has 94 valence electrons. The molecule has 1 aliphatic rings. The maximum absolute atomic E-state index is 9.71. The number of aromatic hydroxyl groups is 1. The lowest BCUT2D eigenvalue weighted by Crippen LogP contribution is -2.22. The van der Waals surface area contributed by atoms with Gasteiger partial charge in [-0.2, -0.15) is 0 Å². The van der Waals surface area contributed by atoms with Gasteiger partial charge in [0.25, 0.3) is 0 Å². The second-order valence-electron chi connectivity index (χ2n) is 5.06. The number of aryl methyl sites for hydroxylation is 1. The summed E-state index contributed by atoms with van der Waals surface area (Å²) >= 11 is 0. The topological polar surface area (TPSA) is 29.5 Å². The molecule has 17 heavy (non-hydrogen) atoms. The van der Waals surface area contributed by atoms with Crippen LogP contribution in [-0.4, -0.2) is 18.3 Å². The van der Waals surface area contributed by atoms with Crippen molar-refractivity contribution in [1.82, 2.24) is 0 Å². The largest absolute Gasteiger partial charge is 0.508 e. The van der Waals surface area contributed by atoms with Crippen molar-refractivity contribution in [3.8, 4) is 5.75 Å². The molecule has 1 aliphatic carbocycles. The van der Waals surface area contributed by atoms with E-state index in [2.05, 4.69) is 0 Å². The predicted molar refractivity (Wildman–Crippen MR) is 69.2 cm³/mol. The molecule has 0 unspecified atom stereocenters. The summed E-state index contributed by atoms with van der Waals surface area (Å²) in [7, 11) is 1.82. The van der Waals surface area contributed by atoms with Crippen molar-refractivity contribution >= 4 is 0 Å². The number of hydrogen-bond donors (Lipinski definition) is 1. The SMILES string of the molecule is CO[C@H]1CCC[C@H](CCc2ccccc2O)C1. The Kier molecular flexibility index (Phi) is 4.43. The van der Waals surface area contributed by atoms with Gasteiger partial charge in [0.05, 0.1) is 6.10 Å². The van der Waals surface area contributed by atoms with Gasteiger partial charge in [-0.1, -0.05) is 31.0 Å². The van der Waals surface area contributed by atoms with E-state index in [1.165, 1.54) is 25.7 Å². The first-order chi connectivity index (χ1) is 8.29. The van der Waals surface area contributed by atoms with Crippen LogP contribution in [0.1, 0.15) is 37.7 Å². The van der Waals surface area contributed by atoms with E-state index in [0.717, 1.165) is 24.3 Å². The van der Waals surface area contributed by atoms with Crippen molar-refractivity contribution < 1.29 is 9.84 Å². The van der Waals surface area contributed by atoms with Crippen molar-refractivity contribution in [1.29, 1.82) is 0 Å². The van der Waals surface area contributed by atoms with Crippen molar-refractivity contribution in [3.63, 3.8) is 0 Å². The molecule has 1 fully saturated rings. The Balaban J connectivity index is 1.84. The van der Waals surface area contributed by atoms with Crippen LogP contribution in [0.15, 0.2) is 24.3 Å². The molecule has 0 amide bonds. The molecule has 0 heterocycles. The smallest absolute Gasteiger partial charge is 0.118 e. The summed E-state index contributed by atoms with van der Waals surface area (Å²) < 4.78 is 5.45. The zero-order chi connectivity index (χ0) is 12.1. The Morgan fingerprint density at radius 1 is 1.29 bits per heavy atom. The highest BCUT2D eigenvalue weighted by Crippen LogP contribution is 2.30. The first-order valence-corrected chi connectivity index (χ1v) is 6.59. The maximum atomic E-state index is 9.71. The Labute approximate surface area is 104 Å². The number of hydrogen-bond acceptors (Lipinski definition) is 2. The second-order valence-corrected chi connectivity index (χ2v) is 5.06. The van der Waals surface area contributed by atoms with Gasteiger partial charge >= 0.3 is 0 Å². The number of methoxy groups -OCH3 is 1. The summed E-state index contributed by atoms with van der Waals surface area (Å²) in [6.07, 6.45) is 7.59.